The van der Waals surface area contributed by atoms with Crippen LogP contribution < -0.4 is 11.1 Å². The highest BCUT2D eigenvalue weighted by atomic mass is 32.1. The number of amides is 1. The number of hydrogen-bond acceptors (Lipinski definition) is 2. The molecule has 0 saturated heterocycles. The van der Waals surface area contributed by atoms with Crippen LogP contribution in [0.15, 0.2) is 18.2 Å². The highest BCUT2D eigenvalue weighted by Gasteiger charge is 2.14. The van der Waals surface area contributed by atoms with E-state index in [-0.39, 0.29) is 11.9 Å². The first-order valence-corrected chi connectivity index (χ1v) is 6.51. The molecule has 0 aliphatic carbocycles. The zero-order valence-electron chi connectivity index (χ0n) is 11.1. The van der Waals surface area contributed by atoms with E-state index >= 15 is 0 Å². The zero-order chi connectivity index (χ0) is 13.7. The number of aryl methyl sites for hydroxylation is 2. The van der Waals surface area contributed by atoms with Gasteiger partial charge in [0.2, 0.25) is 0 Å². The zero-order valence-corrected chi connectivity index (χ0v) is 11.9. The molecule has 0 spiro atoms. The van der Waals surface area contributed by atoms with Crippen LogP contribution in [0.4, 0.5) is 0 Å². The van der Waals surface area contributed by atoms with Crippen LogP contribution in [-0.2, 0) is 0 Å². The molecule has 1 rings (SSSR count). The molecule has 1 amide bonds. The number of thiocarbonyl (C=S) groups is 1. The van der Waals surface area contributed by atoms with Gasteiger partial charge in [0.05, 0.1) is 4.99 Å². The Morgan fingerprint density at radius 2 is 2.11 bits per heavy atom. The first-order valence-electron chi connectivity index (χ1n) is 6.10. The highest BCUT2D eigenvalue weighted by molar-refractivity contribution is 7.80. The summed E-state index contributed by atoms with van der Waals surface area (Å²) in [6, 6.07) is 5.81. The van der Waals surface area contributed by atoms with Gasteiger partial charge in [-0.15, -0.1) is 0 Å². The van der Waals surface area contributed by atoms with Crippen molar-refractivity contribution in [2.75, 3.05) is 0 Å². The quantitative estimate of drug-likeness (QED) is 0.803. The molecule has 0 aliphatic heterocycles. The van der Waals surface area contributed by atoms with Crippen LogP contribution in [0.1, 0.15) is 41.3 Å². The molecule has 0 fully saturated rings. The van der Waals surface area contributed by atoms with Crippen molar-refractivity contribution in [2.24, 2.45) is 5.73 Å². The van der Waals surface area contributed by atoms with Gasteiger partial charge in [0.1, 0.15) is 0 Å². The smallest absolute Gasteiger partial charge is 0.251 e. The third-order valence-electron chi connectivity index (χ3n) is 2.90. The van der Waals surface area contributed by atoms with Crippen LogP contribution >= 0.6 is 12.2 Å². The molecule has 0 saturated carbocycles. The molecular weight excluding hydrogens is 244 g/mol. The van der Waals surface area contributed by atoms with E-state index < -0.39 is 0 Å². The minimum Gasteiger partial charge on any atom is -0.393 e. The Kier molecular flexibility index (Phi) is 5.28. The highest BCUT2D eigenvalue weighted by Crippen LogP contribution is 2.11. The fraction of sp³-hybridized carbons (Fsp3) is 0.429. The summed E-state index contributed by atoms with van der Waals surface area (Å²) in [5.41, 5.74) is 8.36. The third-order valence-corrected chi connectivity index (χ3v) is 3.07. The molecule has 1 aromatic carbocycles. The van der Waals surface area contributed by atoms with Crippen molar-refractivity contribution in [2.45, 2.75) is 39.7 Å². The predicted molar refractivity (Wildman–Crippen MR) is 78.9 cm³/mol. The fourth-order valence-corrected chi connectivity index (χ4v) is 2.07. The lowest BCUT2D eigenvalue weighted by Crippen LogP contribution is -2.37. The van der Waals surface area contributed by atoms with Crippen molar-refractivity contribution in [1.29, 1.82) is 0 Å². The summed E-state index contributed by atoms with van der Waals surface area (Å²) >= 11 is 4.88. The Labute approximate surface area is 114 Å². The molecule has 0 aromatic heterocycles. The molecule has 1 aromatic rings. The Bertz CT molecular complexity index is 457. The van der Waals surface area contributed by atoms with Gasteiger partial charge >= 0.3 is 0 Å². The van der Waals surface area contributed by atoms with Crippen molar-refractivity contribution >= 4 is 23.1 Å². The van der Waals surface area contributed by atoms with Gasteiger partial charge in [-0.3, -0.25) is 4.79 Å². The fourth-order valence-electron chi connectivity index (χ4n) is 1.87. The Hall–Kier alpha value is -1.42. The van der Waals surface area contributed by atoms with Gasteiger partial charge in [-0.05, 0) is 31.9 Å². The second-order valence-electron chi connectivity index (χ2n) is 4.57. The summed E-state index contributed by atoms with van der Waals surface area (Å²) in [5.74, 6) is -0.0596. The number of hydrogen-bond donors (Lipinski definition) is 2. The monoisotopic (exact) mass is 264 g/mol. The van der Waals surface area contributed by atoms with Gasteiger partial charge in [-0.25, -0.2) is 0 Å². The molecule has 4 heteroatoms. The van der Waals surface area contributed by atoms with Gasteiger partial charge in [0, 0.05) is 18.0 Å². The first-order chi connectivity index (χ1) is 8.43. The lowest BCUT2D eigenvalue weighted by molar-refractivity contribution is 0.0936. The molecule has 3 N–H and O–H groups in total. The molecule has 0 bridgehead atoms. The number of carbonyl (C=O) groups is 1. The average molecular weight is 264 g/mol. The van der Waals surface area contributed by atoms with Gasteiger partial charge in [-0.2, -0.15) is 0 Å². The molecule has 0 radical (unpaired) electrons. The number of nitrogens with one attached hydrogen (secondary N) is 1. The van der Waals surface area contributed by atoms with Crippen molar-refractivity contribution in [1.82, 2.24) is 5.32 Å². The SMILES string of the molecule is CCC(CC(N)=S)NC(=O)c1ccc(C)cc1C. The van der Waals surface area contributed by atoms with E-state index in [0.717, 1.165) is 17.5 Å². The van der Waals surface area contributed by atoms with Crippen LogP contribution in [0, 0.1) is 13.8 Å². The van der Waals surface area contributed by atoms with E-state index in [1.165, 1.54) is 0 Å². The number of carbonyl (C=O) groups excluding carboxylic acids is 1. The summed E-state index contributed by atoms with van der Waals surface area (Å²) in [4.78, 5) is 12.6. The number of benzene rings is 1. The molecule has 0 heterocycles. The molecule has 3 nitrogen and oxygen atoms in total. The molecule has 1 atom stereocenters. The van der Waals surface area contributed by atoms with Crippen molar-refractivity contribution < 1.29 is 4.79 Å². The number of nitrogens with two attached hydrogens (primary N) is 1. The van der Waals surface area contributed by atoms with Gasteiger partial charge in [-0.1, -0.05) is 36.8 Å². The topological polar surface area (TPSA) is 55.1 Å². The van der Waals surface area contributed by atoms with E-state index in [9.17, 15) is 4.79 Å². The van der Waals surface area contributed by atoms with Crippen LogP contribution in [0.5, 0.6) is 0 Å². The lowest BCUT2D eigenvalue weighted by Gasteiger charge is -2.17. The molecule has 98 valence electrons. The maximum absolute atomic E-state index is 12.1. The lowest BCUT2D eigenvalue weighted by atomic mass is 10.0. The standard InChI is InChI=1S/C14H20N2OS/c1-4-11(8-13(15)18)16-14(17)12-6-5-9(2)7-10(12)3/h5-7,11H,4,8H2,1-3H3,(H2,15,18)(H,16,17). The minimum atomic E-state index is -0.0596. The van der Waals surface area contributed by atoms with E-state index in [4.69, 9.17) is 18.0 Å². The summed E-state index contributed by atoms with van der Waals surface area (Å²) in [7, 11) is 0. The van der Waals surface area contributed by atoms with Crippen molar-refractivity contribution in [3.8, 4) is 0 Å². The summed E-state index contributed by atoms with van der Waals surface area (Å²) in [5, 5.41) is 2.97. The van der Waals surface area contributed by atoms with Crippen molar-refractivity contribution in [3.63, 3.8) is 0 Å². The van der Waals surface area contributed by atoms with Gasteiger partial charge < -0.3 is 11.1 Å². The Morgan fingerprint density at radius 1 is 1.44 bits per heavy atom. The number of rotatable bonds is 5. The Balaban J connectivity index is 2.77. The van der Waals surface area contributed by atoms with E-state index in [1.807, 2.05) is 39.0 Å². The second-order valence-corrected chi connectivity index (χ2v) is 5.09. The summed E-state index contributed by atoms with van der Waals surface area (Å²) in [6.45, 7) is 5.96. The van der Waals surface area contributed by atoms with Crippen LogP contribution in [0.2, 0.25) is 0 Å². The van der Waals surface area contributed by atoms with Crippen LogP contribution in [0.3, 0.4) is 0 Å². The van der Waals surface area contributed by atoms with E-state index in [0.29, 0.717) is 17.0 Å². The maximum atomic E-state index is 12.1. The molecule has 1 unspecified atom stereocenters. The first kappa shape index (κ1) is 14.6. The van der Waals surface area contributed by atoms with E-state index in [1.54, 1.807) is 0 Å². The van der Waals surface area contributed by atoms with Crippen molar-refractivity contribution in [3.05, 3.63) is 34.9 Å². The molecular formula is C14H20N2OS. The summed E-state index contributed by atoms with van der Waals surface area (Å²) in [6.07, 6.45) is 1.36. The molecule has 18 heavy (non-hydrogen) atoms. The largest absolute Gasteiger partial charge is 0.393 e. The van der Waals surface area contributed by atoms with Crippen LogP contribution in [0.25, 0.3) is 0 Å². The molecule has 0 aliphatic rings. The minimum absolute atomic E-state index is 0.00991. The summed E-state index contributed by atoms with van der Waals surface area (Å²) < 4.78 is 0. The van der Waals surface area contributed by atoms with Gasteiger partial charge in [0.15, 0.2) is 0 Å². The Morgan fingerprint density at radius 3 is 2.61 bits per heavy atom. The maximum Gasteiger partial charge on any atom is 0.251 e. The predicted octanol–water partition coefficient (Wildman–Crippen LogP) is 2.49. The van der Waals surface area contributed by atoms with E-state index in [2.05, 4.69) is 5.32 Å². The third kappa shape index (κ3) is 4.11. The average Bonchev–Trinajstić information content (AvgIpc) is 2.27. The normalized spacial score (nSPS) is 11.9. The second kappa shape index (κ2) is 6.50. The van der Waals surface area contributed by atoms with Gasteiger partial charge in [0.25, 0.3) is 5.91 Å². The van der Waals surface area contributed by atoms with Crippen LogP contribution in [-0.4, -0.2) is 16.9 Å².